The van der Waals surface area contributed by atoms with Crippen LogP contribution in [0.15, 0.2) is 60.9 Å². The molecule has 1 amide bonds. The summed E-state index contributed by atoms with van der Waals surface area (Å²) in [6, 6.07) is 14.8. The van der Waals surface area contributed by atoms with Gasteiger partial charge in [0, 0.05) is 37.1 Å². The number of benzene rings is 2. The third-order valence-electron chi connectivity index (χ3n) is 4.51. The lowest BCUT2D eigenvalue weighted by Crippen LogP contribution is -2.12. The molecule has 1 heterocycles. The number of imidazole rings is 1. The van der Waals surface area contributed by atoms with Gasteiger partial charge in [-0.2, -0.15) is 0 Å². The highest BCUT2D eigenvalue weighted by Crippen LogP contribution is 2.15. The number of rotatable bonds is 9. The van der Waals surface area contributed by atoms with Gasteiger partial charge in [-0.15, -0.1) is 0 Å². The predicted octanol–water partition coefficient (Wildman–Crippen LogP) is 4.15. The number of carbonyl (C=O) groups is 2. The zero-order valence-electron chi connectivity index (χ0n) is 16.7. The molecule has 0 fully saturated rings. The lowest BCUT2D eigenvalue weighted by Gasteiger charge is -2.08. The number of unbranched alkanes of at least 4 members (excludes halogenated alkanes) is 1. The van der Waals surface area contributed by atoms with Crippen LogP contribution < -0.4 is 10.1 Å². The highest BCUT2D eigenvalue weighted by molar-refractivity contribution is 6.07. The number of ether oxygens (including phenoxy) is 1. The van der Waals surface area contributed by atoms with Crippen LogP contribution >= 0.6 is 0 Å². The molecule has 29 heavy (non-hydrogen) atoms. The quantitative estimate of drug-likeness (QED) is 0.439. The minimum Gasteiger partial charge on any atom is -0.494 e. The summed E-state index contributed by atoms with van der Waals surface area (Å²) in [5, 5.41) is 2.86. The maximum absolute atomic E-state index is 12.4. The second-order valence-electron chi connectivity index (χ2n) is 6.94. The smallest absolute Gasteiger partial charge is 0.228 e. The molecule has 0 aliphatic carbocycles. The Morgan fingerprint density at radius 3 is 2.59 bits per heavy atom. The van der Waals surface area contributed by atoms with E-state index in [1.54, 1.807) is 48.3 Å². The Morgan fingerprint density at radius 1 is 1.10 bits per heavy atom. The molecule has 0 unspecified atom stereocenters. The van der Waals surface area contributed by atoms with Gasteiger partial charge >= 0.3 is 0 Å². The normalized spacial score (nSPS) is 10.6. The van der Waals surface area contributed by atoms with Crippen LogP contribution in [-0.4, -0.2) is 27.8 Å². The number of amides is 1. The van der Waals surface area contributed by atoms with Crippen LogP contribution in [0.3, 0.4) is 0 Å². The fourth-order valence-electron chi connectivity index (χ4n) is 2.92. The van der Waals surface area contributed by atoms with E-state index in [2.05, 4.69) is 10.3 Å². The van der Waals surface area contributed by atoms with E-state index in [9.17, 15) is 9.59 Å². The Bertz CT molecular complexity index is 977. The first-order chi connectivity index (χ1) is 14.0. The Morgan fingerprint density at radius 2 is 1.90 bits per heavy atom. The molecule has 0 bridgehead atoms. The second-order valence-corrected chi connectivity index (χ2v) is 6.94. The summed E-state index contributed by atoms with van der Waals surface area (Å²) >= 11 is 0. The third kappa shape index (κ3) is 5.78. The van der Waals surface area contributed by atoms with Crippen molar-refractivity contribution in [2.24, 2.45) is 7.05 Å². The largest absolute Gasteiger partial charge is 0.494 e. The van der Waals surface area contributed by atoms with E-state index in [1.807, 2.05) is 31.2 Å². The van der Waals surface area contributed by atoms with Crippen molar-refractivity contribution < 1.29 is 14.3 Å². The monoisotopic (exact) mass is 391 g/mol. The van der Waals surface area contributed by atoms with Crippen LogP contribution in [0.2, 0.25) is 0 Å². The number of ketones is 1. The molecular formula is C23H25N3O3. The maximum Gasteiger partial charge on any atom is 0.228 e. The van der Waals surface area contributed by atoms with Gasteiger partial charge in [0.15, 0.2) is 5.82 Å². The number of hydrogen-bond donors (Lipinski definition) is 1. The Kier molecular flexibility index (Phi) is 6.79. The zero-order chi connectivity index (χ0) is 20.6. The Balaban J connectivity index is 1.40. The van der Waals surface area contributed by atoms with E-state index >= 15 is 0 Å². The van der Waals surface area contributed by atoms with Gasteiger partial charge in [-0.3, -0.25) is 9.59 Å². The van der Waals surface area contributed by atoms with Crippen molar-refractivity contribution in [3.05, 3.63) is 77.9 Å². The van der Waals surface area contributed by atoms with Gasteiger partial charge in [-0.1, -0.05) is 12.1 Å². The molecule has 0 aliphatic rings. The lowest BCUT2D eigenvalue weighted by molar-refractivity contribution is -0.116. The summed E-state index contributed by atoms with van der Waals surface area (Å²) in [5.41, 5.74) is 2.36. The highest BCUT2D eigenvalue weighted by atomic mass is 16.5. The molecule has 2 aromatic carbocycles. The maximum atomic E-state index is 12.4. The van der Waals surface area contributed by atoms with Crippen LogP contribution in [0.25, 0.3) is 0 Å². The van der Waals surface area contributed by atoms with E-state index < -0.39 is 0 Å². The fourth-order valence-corrected chi connectivity index (χ4v) is 2.92. The van der Waals surface area contributed by atoms with Gasteiger partial charge < -0.3 is 14.6 Å². The topological polar surface area (TPSA) is 73.2 Å². The number of anilines is 1. The van der Waals surface area contributed by atoms with Crippen molar-refractivity contribution in [2.45, 2.75) is 26.2 Å². The molecule has 6 nitrogen and oxygen atoms in total. The van der Waals surface area contributed by atoms with E-state index in [0.717, 1.165) is 24.2 Å². The highest BCUT2D eigenvalue weighted by Gasteiger charge is 2.13. The summed E-state index contributed by atoms with van der Waals surface area (Å²) in [5.74, 6) is 1.04. The van der Waals surface area contributed by atoms with Gasteiger partial charge in [0.1, 0.15) is 5.75 Å². The molecule has 150 valence electrons. The van der Waals surface area contributed by atoms with E-state index in [4.69, 9.17) is 4.74 Å². The minimum absolute atomic E-state index is 0.0521. The molecule has 6 heteroatoms. The predicted molar refractivity (Wildman–Crippen MR) is 112 cm³/mol. The van der Waals surface area contributed by atoms with Crippen molar-refractivity contribution >= 4 is 17.4 Å². The number of aromatic nitrogens is 2. The third-order valence-corrected chi connectivity index (χ3v) is 4.51. The van der Waals surface area contributed by atoms with Crippen molar-refractivity contribution in [3.8, 4) is 5.75 Å². The van der Waals surface area contributed by atoms with Crippen molar-refractivity contribution in [1.29, 1.82) is 0 Å². The van der Waals surface area contributed by atoms with Crippen LogP contribution in [-0.2, 0) is 11.8 Å². The summed E-state index contributed by atoms with van der Waals surface area (Å²) in [7, 11) is 1.78. The summed E-state index contributed by atoms with van der Waals surface area (Å²) in [6.07, 6.45) is 5.29. The molecular weight excluding hydrogens is 366 g/mol. The number of nitrogens with one attached hydrogen (secondary N) is 1. The molecule has 0 spiro atoms. The molecule has 3 rings (SSSR count). The summed E-state index contributed by atoms with van der Waals surface area (Å²) in [6.45, 7) is 2.61. The van der Waals surface area contributed by atoms with Crippen LogP contribution in [0, 0.1) is 6.92 Å². The number of hydrogen-bond acceptors (Lipinski definition) is 4. The van der Waals surface area contributed by atoms with Crippen molar-refractivity contribution in [1.82, 2.24) is 9.55 Å². The number of nitrogens with zero attached hydrogens (tertiary/aromatic N) is 2. The number of carbonyl (C=O) groups excluding carboxylic acids is 2. The van der Waals surface area contributed by atoms with E-state index in [0.29, 0.717) is 30.1 Å². The first-order valence-electron chi connectivity index (χ1n) is 9.64. The standard InChI is InChI=1S/C23H25N3O3/c1-17-6-5-7-20(16-17)29-15-4-3-8-21(27)25-19-11-9-18(10-12-19)22(28)23-24-13-14-26(23)2/h5-7,9-14,16H,3-4,8,15H2,1-2H3,(H,25,27). The van der Waals surface area contributed by atoms with Gasteiger partial charge in [-0.25, -0.2) is 4.98 Å². The van der Waals surface area contributed by atoms with Gasteiger partial charge in [0.2, 0.25) is 11.7 Å². The molecule has 0 atom stereocenters. The molecule has 1 N–H and O–H groups in total. The molecule has 0 saturated heterocycles. The van der Waals surface area contributed by atoms with Crippen LogP contribution in [0.1, 0.15) is 41.0 Å². The molecule has 1 aromatic heterocycles. The number of aryl methyl sites for hydroxylation is 2. The van der Waals surface area contributed by atoms with Gasteiger partial charge in [0.25, 0.3) is 0 Å². The van der Waals surface area contributed by atoms with Crippen LogP contribution in [0.5, 0.6) is 5.75 Å². The Hall–Kier alpha value is -3.41. The minimum atomic E-state index is -0.149. The molecule has 0 aliphatic heterocycles. The first-order valence-corrected chi connectivity index (χ1v) is 9.64. The van der Waals surface area contributed by atoms with Crippen molar-refractivity contribution in [2.75, 3.05) is 11.9 Å². The summed E-state index contributed by atoms with van der Waals surface area (Å²) < 4.78 is 7.37. The SMILES string of the molecule is Cc1cccc(OCCCCC(=O)Nc2ccc(C(=O)c3nccn3C)cc2)c1. The molecule has 0 saturated carbocycles. The average molecular weight is 391 g/mol. The second kappa shape index (κ2) is 9.68. The van der Waals surface area contributed by atoms with Crippen LogP contribution in [0.4, 0.5) is 5.69 Å². The van der Waals surface area contributed by atoms with Gasteiger partial charge in [0.05, 0.1) is 6.61 Å². The summed E-state index contributed by atoms with van der Waals surface area (Å²) in [4.78, 5) is 28.6. The molecule has 0 radical (unpaired) electrons. The zero-order valence-corrected chi connectivity index (χ0v) is 16.7. The van der Waals surface area contributed by atoms with Gasteiger partial charge in [-0.05, 0) is 61.7 Å². The van der Waals surface area contributed by atoms with Crippen molar-refractivity contribution in [3.63, 3.8) is 0 Å². The molecule has 3 aromatic rings. The average Bonchev–Trinajstić information content (AvgIpc) is 3.14. The Labute approximate surface area is 170 Å². The van der Waals surface area contributed by atoms with E-state index in [-0.39, 0.29) is 11.7 Å². The first kappa shape index (κ1) is 20.3. The lowest BCUT2D eigenvalue weighted by atomic mass is 10.1. The van der Waals surface area contributed by atoms with E-state index in [1.165, 1.54) is 0 Å². The fraction of sp³-hybridized carbons (Fsp3) is 0.261.